The highest BCUT2D eigenvalue weighted by Crippen LogP contribution is 2.16. The largest absolute Gasteiger partial charge is 0.465 e. The summed E-state index contributed by atoms with van der Waals surface area (Å²) in [6, 6.07) is 18.1. The smallest absolute Gasteiger partial charge is 0.268 e. The number of benzene rings is 2. The van der Waals surface area contributed by atoms with Gasteiger partial charge in [-0.3, -0.25) is 9.59 Å². The predicted molar refractivity (Wildman–Crippen MR) is 122 cm³/mol. The molecule has 2 amide bonds. The number of hydrogen-bond donors (Lipinski definition) is 2. The van der Waals surface area contributed by atoms with E-state index in [-0.39, 0.29) is 18.1 Å². The average Bonchev–Trinajstić information content (AvgIpc) is 3.50. The number of aryl methyl sites for hydroxylation is 2. The van der Waals surface area contributed by atoms with Gasteiger partial charge in [0.25, 0.3) is 11.8 Å². The standard InChI is InChI=1S/C25H22N4O4/c1-16-5-9-18(10-6-16)23-28-22(33-29-23)15-26-25(31)21(14-20-4-3-13-32-20)27-24(30)19-11-7-17(2)8-12-19/h3-14H,15H2,1-2H3,(H,26,31)(H,27,30)/b21-14-. The second-order valence-electron chi connectivity index (χ2n) is 7.45. The number of aromatic nitrogens is 2. The van der Waals surface area contributed by atoms with Crippen LogP contribution in [0.1, 0.15) is 33.1 Å². The van der Waals surface area contributed by atoms with Crippen molar-refractivity contribution in [1.29, 1.82) is 0 Å². The zero-order chi connectivity index (χ0) is 23.2. The Hall–Kier alpha value is -4.46. The van der Waals surface area contributed by atoms with Crippen molar-refractivity contribution in [3.05, 3.63) is 101 Å². The lowest BCUT2D eigenvalue weighted by molar-refractivity contribution is -0.118. The summed E-state index contributed by atoms with van der Waals surface area (Å²) < 4.78 is 10.5. The maximum absolute atomic E-state index is 12.9. The summed E-state index contributed by atoms with van der Waals surface area (Å²) in [5.74, 6) is 0.146. The summed E-state index contributed by atoms with van der Waals surface area (Å²) in [5, 5.41) is 9.30. The van der Waals surface area contributed by atoms with E-state index in [4.69, 9.17) is 8.94 Å². The van der Waals surface area contributed by atoms with E-state index in [2.05, 4.69) is 20.8 Å². The van der Waals surface area contributed by atoms with Crippen LogP contribution >= 0.6 is 0 Å². The predicted octanol–water partition coefficient (Wildman–Crippen LogP) is 4.03. The van der Waals surface area contributed by atoms with Crippen LogP contribution in [0.25, 0.3) is 17.5 Å². The second-order valence-corrected chi connectivity index (χ2v) is 7.45. The van der Waals surface area contributed by atoms with Crippen LogP contribution in [-0.2, 0) is 11.3 Å². The van der Waals surface area contributed by atoms with Gasteiger partial charge in [-0.05, 0) is 38.1 Å². The normalized spacial score (nSPS) is 11.3. The fourth-order valence-electron chi connectivity index (χ4n) is 2.97. The van der Waals surface area contributed by atoms with E-state index in [1.54, 1.807) is 24.3 Å². The zero-order valence-electron chi connectivity index (χ0n) is 18.2. The first-order chi connectivity index (χ1) is 16.0. The van der Waals surface area contributed by atoms with Crippen LogP contribution in [0.5, 0.6) is 0 Å². The topological polar surface area (TPSA) is 110 Å². The van der Waals surface area contributed by atoms with Gasteiger partial charge in [-0.1, -0.05) is 52.7 Å². The summed E-state index contributed by atoms with van der Waals surface area (Å²) in [6.07, 6.45) is 2.93. The molecule has 0 atom stereocenters. The minimum Gasteiger partial charge on any atom is -0.465 e. The molecule has 4 rings (SSSR count). The summed E-state index contributed by atoms with van der Waals surface area (Å²) in [4.78, 5) is 29.8. The van der Waals surface area contributed by atoms with Crippen LogP contribution in [-0.4, -0.2) is 22.0 Å². The summed E-state index contributed by atoms with van der Waals surface area (Å²) in [7, 11) is 0. The number of nitrogens with one attached hydrogen (secondary N) is 2. The Kier molecular flexibility index (Phi) is 6.45. The first-order valence-electron chi connectivity index (χ1n) is 10.3. The van der Waals surface area contributed by atoms with Crippen LogP contribution in [0.15, 0.2) is 81.6 Å². The number of carbonyl (C=O) groups is 2. The van der Waals surface area contributed by atoms with Crippen LogP contribution in [0.3, 0.4) is 0 Å². The zero-order valence-corrected chi connectivity index (χ0v) is 18.2. The van der Waals surface area contributed by atoms with Crippen molar-refractivity contribution >= 4 is 17.9 Å². The third-order valence-corrected chi connectivity index (χ3v) is 4.81. The maximum Gasteiger partial charge on any atom is 0.268 e. The molecule has 0 aliphatic heterocycles. The molecular weight excluding hydrogens is 420 g/mol. The second kappa shape index (κ2) is 9.78. The Balaban J connectivity index is 1.46. The van der Waals surface area contributed by atoms with E-state index < -0.39 is 11.8 Å². The maximum atomic E-state index is 12.9. The highest BCUT2D eigenvalue weighted by atomic mass is 16.5. The lowest BCUT2D eigenvalue weighted by Crippen LogP contribution is -2.34. The van der Waals surface area contributed by atoms with Gasteiger partial charge in [0, 0.05) is 17.2 Å². The summed E-state index contributed by atoms with van der Waals surface area (Å²) >= 11 is 0. The van der Waals surface area contributed by atoms with E-state index in [0.717, 1.165) is 16.7 Å². The van der Waals surface area contributed by atoms with E-state index in [1.165, 1.54) is 12.3 Å². The first kappa shape index (κ1) is 21.8. The third-order valence-electron chi connectivity index (χ3n) is 4.81. The highest BCUT2D eigenvalue weighted by molar-refractivity contribution is 6.05. The Labute approximate surface area is 190 Å². The molecular formula is C25H22N4O4. The molecule has 0 radical (unpaired) electrons. The Morgan fingerprint density at radius 1 is 0.970 bits per heavy atom. The molecule has 166 valence electrons. The minimum absolute atomic E-state index is 0.00636. The molecule has 8 nitrogen and oxygen atoms in total. The number of rotatable bonds is 7. The minimum atomic E-state index is -0.526. The van der Waals surface area contributed by atoms with E-state index in [1.807, 2.05) is 50.2 Å². The molecule has 0 aliphatic carbocycles. The molecule has 2 N–H and O–H groups in total. The Morgan fingerprint density at radius 3 is 2.33 bits per heavy atom. The van der Waals surface area contributed by atoms with Gasteiger partial charge < -0.3 is 19.6 Å². The molecule has 0 spiro atoms. The van der Waals surface area contributed by atoms with Crippen molar-refractivity contribution in [3.63, 3.8) is 0 Å². The van der Waals surface area contributed by atoms with Crippen LogP contribution in [0.4, 0.5) is 0 Å². The van der Waals surface area contributed by atoms with Gasteiger partial charge in [0.05, 0.1) is 12.8 Å². The molecule has 33 heavy (non-hydrogen) atoms. The Bertz CT molecular complexity index is 1270. The van der Waals surface area contributed by atoms with Crippen molar-refractivity contribution in [3.8, 4) is 11.4 Å². The Morgan fingerprint density at radius 2 is 1.67 bits per heavy atom. The molecule has 0 bridgehead atoms. The summed E-state index contributed by atoms with van der Waals surface area (Å²) in [6.45, 7) is 3.92. The quantitative estimate of drug-likeness (QED) is 0.418. The van der Waals surface area contributed by atoms with Gasteiger partial charge in [-0.25, -0.2) is 0 Å². The van der Waals surface area contributed by atoms with Gasteiger partial charge >= 0.3 is 0 Å². The molecule has 2 aromatic heterocycles. The van der Waals surface area contributed by atoms with Gasteiger partial charge in [0.15, 0.2) is 0 Å². The third kappa shape index (κ3) is 5.62. The van der Waals surface area contributed by atoms with Crippen molar-refractivity contribution in [1.82, 2.24) is 20.8 Å². The number of furan rings is 1. The van der Waals surface area contributed by atoms with Gasteiger partial charge in [0.1, 0.15) is 11.5 Å². The molecule has 2 aromatic carbocycles. The summed E-state index contributed by atoms with van der Waals surface area (Å²) in [5.41, 5.74) is 3.41. The molecule has 2 heterocycles. The number of carbonyl (C=O) groups excluding carboxylic acids is 2. The van der Waals surface area contributed by atoms with Crippen LogP contribution < -0.4 is 10.6 Å². The van der Waals surface area contributed by atoms with E-state index >= 15 is 0 Å². The SMILES string of the molecule is Cc1ccc(C(=O)N/C(=C\c2ccco2)C(=O)NCc2nc(-c3ccc(C)cc3)no2)cc1. The number of amides is 2. The van der Waals surface area contributed by atoms with E-state index in [0.29, 0.717) is 17.1 Å². The molecule has 0 saturated carbocycles. The number of hydrogen-bond acceptors (Lipinski definition) is 6. The molecule has 4 aromatic rings. The fraction of sp³-hybridized carbons (Fsp3) is 0.120. The van der Waals surface area contributed by atoms with Crippen molar-refractivity contribution in [2.45, 2.75) is 20.4 Å². The molecule has 0 aliphatic rings. The van der Waals surface area contributed by atoms with Crippen molar-refractivity contribution < 1.29 is 18.5 Å². The van der Waals surface area contributed by atoms with Crippen molar-refractivity contribution in [2.75, 3.05) is 0 Å². The van der Waals surface area contributed by atoms with Crippen LogP contribution in [0, 0.1) is 13.8 Å². The van der Waals surface area contributed by atoms with Gasteiger partial charge in [-0.2, -0.15) is 4.98 Å². The monoisotopic (exact) mass is 442 g/mol. The van der Waals surface area contributed by atoms with Crippen molar-refractivity contribution in [2.24, 2.45) is 0 Å². The number of nitrogens with zero attached hydrogens (tertiary/aromatic N) is 2. The molecule has 0 unspecified atom stereocenters. The van der Waals surface area contributed by atoms with Gasteiger partial charge in [-0.15, -0.1) is 0 Å². The molecule has 8 heteroatoms. The lowest BCUT2D eigenvalue weighted by atomic mass is 10.1. The van der Waals surface area contributed by atoms with E-state index in [9.17, 15) is 9.59 Å². The molecule has 0 fully saturated rings. The lowest BCUT2D eigenvalue weighted by Gasteiger charge is -2.10. The fourth-order valence-corrected chi connectivity index (χ4v) is 2.97. The average molecular weight is 442 g/mol. The van der Waals surface area contributed by atoms with Gasteiger partial charge in [0.2, 0.25) is 11.7 Å². The highest BCUT2D eigenvalue weighted by Gasteiger charge is 2.17. The first-order valence-corrected chi connectivity index (χ1v) is 10.3. The molecule has 0 saturated heterocycles. The van der Waals surface area contributed by atoms with Crippen LogP contribution in [0.2, 0.25) is 0 Å².